The third kappa shape index (κ3) is 4.70. The zero-order valence-electron chi connectivity index (χ0n) is 13.7. The van der Waals surface area contributed by atoms with E-state index in [-0.39, 0.29) is 17.3 Å². The van der Waals surface area contributed by atoms with Gasteiger partial charge in [-0.3, -0.25) is 4.79 Å². The van der Waals surface area contributed by atoms with Crippen LogP contribution < -0.4 is 10.2 Å². The summed E-state index contributed by atoms with van der Waals surface area (Å²) in [5.41, 5.74) is 1.02. The average molecular weight is 332 g/mol. The number of carbonyl (C=O) groups excluding carboxylic acids is 1. The van der Waals surface area contributed by atoms with Crippen LogP contribution in [0.2, 0.25) is 0 Å². The lowest BCUT2D eigenvalue weighted by Crippen LogP contribution is -2.49. The lowest BCUT2D eigenvalue weighted by molar-refractivity contribution is -0.127. The van der Waals surface area contributed by atoms with Gasteiger partial charge in [0.1, 0.15) is 17.5 Å². The highest BCUT2D eigenvalue weighted by Crippen LogP contribution is 2.17. The Hall–Kier alpha value is -2.59. The Balaban J connectivity index is 1.89. The number of nitrogens with zero attached hydrogens (tertiary/aromatic N) is 3. The molecular weight excluding hydrogens is 311 g/mol. The molecule has 7 heteroatoms. The molecule has 2 rings (SSSR count). The van der Waals surface area contributed by atoms with Crippen LogP contribution in [-0.2, 0) is 9.53 Å². The van der Waals surface area contributed by atoms with Crippen LogP contribution in [0.1, 0.15) is 0 Å². The van der Waals surface area contributed by atoms with Gasteiger partial charge in [-0.2, -0.15) is 5.26 Å². The molecule has 1 aromatic rings. The Morgan fingerprint density at radius 3 is 2.58 bits per heavy atom. The highest BCUT2D eigenvalue weighted by molar-refractivity contribution is 5.97. The largest absolute Gasteiger partial charge is 0.387 e. The number of ether oxygens (including phenoxy) is 1. The van der Waals surface area contributed by atoms with Crippen molar-refractivity contribution in [1.29, 1.82) is 5.26 Å². The van der Waals surface area contributed by atoms with E-state index in [0.29, 0.717) is 39.3 Å². The van der Waals surface area contributed by atoms with Gasteiger partial charge in [0.2, 0.25) is 0 Å². The molecule has 0 aromatic heterocycles. The van der Waals surface area contributed by atoms with Gasteiger partial charge in [-0.1, -0.05) is 0 Å². The van der Waals surface area contributed by atoms with Crippen molar-refractivity contribution in [3.8, 4) is 6.07 Å². The number of halogens is 1. The number of benzene rings is 1. The van der Waals surface area contributed by atoms with E-state index in [1.807, 2.05) is 6.07 Å². The maximum atomic E-state index is 13.0. The summed E-state index contributed by atoms with van der Waals surface area (Å²) in [5.74, 6) is -0.543. The Morgan fingerprint density at radius 2 is 2.00 bits per heavy atom. The third-order valence-corrected chi connectivity index (χ3v) is 3.81. The first kappa shape index (κ1) is 17.8. The van der Waals surface area contributed by atoms with E-state index < -0.39 is 0 Å². The molecule has 0 atom stereocenters. The van der Waals surface area contributed by atoms with Gasteiger partial charge in [-0.05, 0) is 24.3 Å². The molecule has 1 N–H and O–H groups in total. The van der Waals surface area contributed by atoms with Crippen LogP contribution in [0.25, 0.3) is 0 Å². The zero-order chi connectivity index (χ0) is 17.4. The monoisotopic (exact) mass is 332 g/mol. The number of piperazine rings is 1. The molecule has 1 aliphatic heterocycles. The molecule has 1 aliphatic rings. The van der Waals surface area contributed by atoms with Crippen molar-refractivity contribution >= 4 is 11.6 Å². The van der Waals surface area contributed by atoms with E-state index in [0.717, 1.165) is 5.69 Å². The molecule has 0 spiro atoms. The molecule has 0 bridgehead atoms. The zero-order valence-corrected chi connectivity index (χ0v) is 13.7. The Morgan fingerprint density at radius 1 is 1.33 bits per heavy atom. The fourth-order valence-corrected chi connectivity index (χ4v) is 2.47. The summed E-state index contributed by atoms with van der Waals surface area (Å²) in [6.45, 7) is 3.37. The van der Waals surface area contributed by atoms with Crippen molar-refractivity contribution in [3.05, 3.63) is 41.9 Å². The number of anilines is 1. The van der Waals surface area contributed by atoms with Gasteiger partial charge >= 0.3 is 0 Å². The highest BCUT2D eigenvalue weighted by Gasteiger charge is 2.23. The maximum Gasteiger partial charge on any atom is 0.266 e. The quantitative estimate of drug-likeness (QED) is 0.480. The minimum absolute atomic E-state index is 0.0846. The number of rotatable bonds is 6. The third-order valence-electron chi connectivity index (χ3n) is 3.81. The summed E-state index contributed by atoms with van der Waals surface area (Å²) >= 11 is 0. The van der Waals surface area contributed by atoms with Crippen LogP contribution >= 0.6 is 0 Å². The first-order valence-corrected chi connectivity index (χ1v) is 7.78. The van der Waals surface area contributed by atoms with Crippen molar-refractivity contribution in [3.63, 3.8) is 0 Å². The first-order chi connectivity index (χ1) is 11.7. The maximum absolute atomic E-state index is 13.0. The molecule has 24 heavy (non-hydrogen) atoms. The first-order valence-electron chi connectivity index (χ1n) is 7.78. The summed E-state index contributed by atoms with van der Waals surface area (Å²) in [6.07, 6.45) is 1.44. The molecule has 1 heterocycles. The van der Waals surface area contributed by atoms with E-state index in [1.54, 1.807) is 24.1 Å². The fourth-order valence-electron chi connectivity index (χ4n) is 2.47. The van der Waals surface area contributed by atoms with Crippen LogP contribution in [0.3, 0.4) is 0 Å². The van der Waals surface area contributed by atoms with Gasteiger partial charge < -0.3 is 19.9 Å². The second kappa shape index (κ2) is 8.89. The molecule has 6 nitrogen and oxygen atoms in total. The topological polar surface area (TPSA) is 68.6 Å². The van der Waals surface area contributed by atoms with Gasteiger partial charge in [0.15, 0.2) is 0 Å². The average Bonchev–Trinajstić information content (AvgIpc) is 2.62. The van der Waals surface area contributed by atoms with Crippen LogP contribution in [0.15, 0.2) is 36.0 Å². The second-order valence-corrected chi connectivity index (χ2v) is 5.37. The lowest BCUT2D eigenvalue weighted by Gasteiger charge is -2.36. The van der Waals surface area contributed by atoms with E-state index >= 15 is 0 Å². The predicted octanol–water partition coefficient (Wildman–Crippen LogP) is 1.12. The molecule has 128 valence electrons. The summed E-state index contributed by atoms with van der Waals surface area (Å²) in [5, 5.41) is 12.1. The number of hydrogen-bond acceptors (Lipinski definition) is 5. The van der Waals surface area contributed by atoms with Crippen molar-refractivity contribution in [2.75, 3.05) is 51.3 Å². The van der Waals surface area contributed by atoms with Crippen molar-refractivity contribution in [2.45, 2.75) is 0 Å². The molecular formula is C17H21FN4O2. The molecule has 1 fully saturated rings. The Bertz CT molecular complexity index is 616. The molecule has 1 amide bonds. The lowest BCUT2D eigenvalue weighted by atomic mass is 10.2. The SMILES string of the molecule is COCCN/C=C(/C#N)C(=O)N1CCN(c2ccc(F)cc2)CC1. The van der Waals surface area contributed by atoms with Crippen molar-refractivity contribution < 1.29 is 13.9 Å². The standard InChI is InChI=1S/C17H21FN4O2/c1-24-11-6-20-13-14(12-19)17(23)22-9-7-21(8-10-22)16-4-2-15(18)3-5-16/h2-5,13,20H,6-11H2,1H3/b14-13-. The summed E-state index contributed by atoms with van der Waals surface area (Å²) < 4.78 is 17.9. The predicted molar refractivity (Wildman–Crippen MR) is 88.8 cm³/mol. The number of nitrogens with one attached hydrogen (secondary N) is 1. The minimum atomic E-state index is -0.277. The smallest absolute Gasteiger partial charge is 0.266 e. The molecule has 0 radical (unpaired) electrons. The summed E-state index contributed by atoms with van der Waals surface area (Å²) in [7, 11) is 1.59. The van der Waals surface area contributed by atoms with Gasteiger partial charge in [0.05, 0.1) is 6.61 Å². The molecule has 1 saturated heterocycles. The van der Waals surface area contributed by atoms with E-state index in [2.05, 4.69) is 10.2 Å². The molecule has 1 aromatic carbocycles. The highest BCUT2D eigenvalue weighted by atomic mass is 19.1. The second-order valence-electron chi connectivity index (χ2n) is 5.37. The molecule has 0 unspecified atom stereocenters. The van der Waals surface area contributed by atoms with Gasteiger partial charge in [0, 0.05) is 51.7 Å². The van der Waals surface area contributed by atoms with E-state index in [4.69, 9.17) is 10.00 Å². The number of amides is 1. The summed E-state index contributed by atoms with van der Waals surface area (Å²) in [6, 6.07) is 8.25. The molecule has 0 saturated carbocycles. The number of nitriles is 1. The van der Waals surface area contributed by atoms with E-state index in [1.165, 1.54) is 18.3 Å². The number of methoxy groups -OCH3 is 1. The van der Waals surface area contributed by atoms with Crippen molar-refractivity contribution in [1.82, 2.24) is 10.2 Å². The Labute approximate surface area is 141 Å². The normalized spacial score (nSPS) is 15.1. The van der Waals surface area contributed by atoms with Crippen LogP contribution in [0.4, 0.5) is 10.1 Å². The number of hydrogen-bond donors (Lipinski definition) is 1. The van der Waals surface area contributed by atoms with Crippen LogP contribution in [-0.4, -0.2) is 57.2 Å². The Kier molecular flexibility index (Phi) is 6.58. The van der Waals surface area contributed by atoms with Gasteiger partial charge in [0.25, 0.3) is 5.91 Å². The minimum Gasteiger partial charge on any atom is -0.387 e. The van der Waals surface area contributed by atoms with E-state index in [9.17, 15) is 9.18 Å². The van der Waals surface area contributed by atoms with Crippen LogP contribution in [0, 0.1) is 17.1 Å². The fraction of sp³-hybridized carbons (Fsp3) is 0.412. The van der Waals surface area contributed by atoms with Crippen molar-refractivity contribution in [2.24, 2.45) is 0 Å². The van der Waals surface area contributed by atoms with Crippen LogP contribution in [0.5, 0.6) is 0 Å². The summed E-state index contributed by atoms with van der Waals surface area (Å²) in [4.78, 5) is 16.1. The van der Waals surface area contributed by atoms with Gasteiger partial charge in [-0.25, -0.2) is 4.39 Å². The van der Waals surface area contributed by atoms with Gasteiger partial charge in [-0.15, -0.1) is 0 Å². The number of carbonyl (C=O) groups is 1. The molecule has 0 aliphatic carbocycles.